The summed E-state index contributed by atoms with van der Waals surface area (Å²) < 4.78 is 39.4. The van der Waals surface area contributed by atoms with Crippen molar-refractivity contribution in [3.8, 4) is 0 Å². The molecule has 20 heavy (non-hydrogen) atoms. The topological polar surface area (TPSA) is 32.5 Å². The molecule has 0 amide bonds. The Hall–Kier alpha value is -1.43. The van der Waals surface area contributed by atoms with Gasteiger partial charge >= 0.3 is 6.18 Å². The minimum Gasteiger partial charge on any atom is -0.399 e. The van der Waals surface area contributed by atoms with Gasteiger partial charge in [-0.3, -0.25) is 4.90 Å². The Morgan fingerprint density at radius 1 is 1.30 bits per heavy atom. The van der Waals surface area contributed by atoms with Crippen LogP contribution in [-0.4, -0.2) is 37.6 Å². The maximum absolute atomic E-state index is 13.1. The molecule has 1 unspecified atom stereocenters. The van der Waals surface area contributed by atoms with Gasteiger partial charge in [0, 0.05) is 37.1 Å². The van der Waals surface area contributed by atoms with E-state index in [1.807, 2.05) is 11.9 Å². The summed E-state index contributed by atoms with van der Waals surface area (Å²) in [6.07, 6.45) is -3.46. The van der Waals surface area contributed by atoms with Crippen LogP contribution in [0.5, 0.6) is 0 Å². The van der Waals surface area contributed by atoms with Crippen LogP contribution in [0.2, 0.25) is 0 Å². The number of piperazine rings is 1. The minimum absolute atomic E-state index is 0.141. The van der Waals surface area contributed by atoms with Gasteiger partial charge in [0.25, 0.3) is 0 Å². The Morgan fingerprint density at radius 2 is 2.00 bits per heavy atom. The van der Waals surface area contributed by atoms with Crippen molar-refractivity contribution in [2.45, 2.75) is 25.6 Å². The van der Waals surface area contributed by atoms with Gasteiger partial charge in [0.2, 0.25) is 0 Å². The molecule has 0 bridgehead atoms. The number of nitrogens with zero attached hydrogens (tertiary/aromatic N) is 2. The van der Waals surface area contributed by atoms with Crippen molar-refractivity contribution in [3.05, 3.63) is 23.8 Å². The quantitative estimate of drug-likeness (QED) is 0.849. The molecule has 0 aliphatic carbocycles. The first-order valence-electron chi connectivity index (χ1n) is 6.74. The number of halogens is 3. The Kier molecular flexibility index (Phi) is 4.13. The number of benzene rings is 1. The average Bonchev–Trinajstić information content (AvgIpc) is 2.38. The number of nitrogens with two attached hydrogens (primary N) is 1. The van der Waals surface area contributed by atoms with Crippen LogP contribution in [0.4, 0.5) is 24.5 Å². The molecule has 2 rings (SSSR count). The van der Waals surface area contributed by atoms with Crippen LogP contribution in [0.3, 0.4) is 0 Å². The van der Waals surface area contributed by atoms with Crippen LogP contribution in [0.25, 0.3) is 0 Å². The molecule has 112 valence electrons. The van der Waals surface area contributed by atoms with Crippen LogP contribution >= 0.6 is 0 Å². The molecule has 1 aliphatic rings. The number of hydrogen-bond acceptors (Lipinski definition) is 3. The van der Waals surface area contributed by atoms with Crippen LogP contribution in [0, 0.1) is 0 Å². The monoisotopic (exact) mass is 287 g/mol. The zero-order valence-electron chi connectivity index (χ0n) is 11.7. The molecule has 1 heterocycles. The standard InChI is InChI=1S/C14H20F3N3/c1-3-11-9-20(7-6-19(11)2)13-5-4-10(18)8-12(13)14(15,16)17/h4-5,8,11H,3,6-7,9,18H2,1-2H3. The Morgan fingerprint density at radius 3 is 2.60 bits per heavy atom. The fraction of sp³-hybridized carbons (Fsp3) is 0.571. The van der Waals surface area contributed by atoms with Gasteiger partial charge < -0.3 is 10.6 Å². The molecule has 1 fully saturated rings. The Labute approximate surface area is 117 Å². The summed E-state index contributed by atoms with van der Waals surface area (Å²) >= 11 is 0. The predicted octanol–water partition coefficient (Wildman–Crippen LogP) is 2.82. The number of nitrogen functional groups attached to an aromatic ring is 1. The average molecular weight is 287 g/mol. The maximum Gasteiger partial charge on any atom is 0.418 e. The van der Waals surface area contributed by atoms with Gasteiger partial charge in [0.15, 0.2) is 0 Å². The third-order valence-corrected chi connectivity index (χ3v) is 3.92. The molecule has 1 aromatic carbocycles. The molecule has 0 saturated carbocycles. The van der Waals surface area contributed by atoms with E-state index >= 15 is 0 Å². The number of alkyl halides is 3. The fourth-order valence-corrected chi connectivity index (χ4v) is 2.66. The zero-order chi connectivity index (χ0) is 14.9. The van der Waals surface area contributed by atoms with E-state index in [1.54, 1.807) is 0 Å². The molecule has 0 spiro atoms. The van der Waals surface area contributed by atoms with Crippen molar-refractivity contribution >= 4 is 11.4 Å². The third-order valence-electron chi connectivity index (χ3n) is 3.92. The van der Waals surface area contributed by atoms with Gasteiger partial charge in [-0.25, -0.2) is 0 Å². The van der Waals surface area contributed by atoms with Gasteiger partial charge in [-0.15, -0.1) is 0 Å². The molecule has 1 saturated heterocycles. The lowest BCUT2D eigenvalue weighted by atomic mass is 10.1. The van der Waals surface area contributed by atoms with Crippen LogP contribution < -0.4 is 10.6 Å². The number of hydrogen-bond donors (Lipinski definition) is 1. The van der Waals surface area contributed by atoms with E-state index in [1.165, 1.54) is 12.1 Å². The van der Waals surface area contributed by atoms with E-state index < -0.39 is 11.7 Å². The molecular weight excluding hydrogens is 267 g/mol. The second-order valence-electron chi connectivity index (χ2n) is 5.26. The number of anilines is 2. The van der Waals surface area contributed by atoms with Crippen molar-refractivity contribution in [1.29, 1.82) is 0 Å². The summed E-state index contributed by atoms with van der Waals surface area (Å²) in [5.41, 5.74) is 5.24. The predicted molar refractivity (Wildman–Crippen MR) is 74.8 cm³/mol. The second-order valence-corrected chi connectivity index (χ2v) is 5.26. The molecule has 1 aliphatic heterocycles. The highest BCUT2D eigenvalue weighted by Gasteiger charge is 2.36. The highest BCUT2D eigenvalue weighted by Crippen LogP contribution is 2.38. The van der Waals surface area contributed by atoms with Gasteiger partial charge in [0.1, 0.15) is 0 Å². The first-order chi connectivity index (χ1) is 9.32. The summed E-state index contributed by atoms with van der Waals surface area (Å²) in [4.78, 5) is 4.01. The highest BCUT2D eigenvalue weighted by atomic mass is 19.4. The molecule has 1 atom stereocenters. The van der Waals surface area contributed by atoms with E-state index in [4.69, 9.17) is 5.73 Å². The summed E-state index contributed by atoms with van der Waals surface area (Å²) in [7, 11) is 2.01. The Bertz CT molecular complexity index is 473. The van der Waals surface area contributed by atoms with Gasteiger partial charge in [0.05, 0.1) is 5.56 Å². The molecular formula is C14H20F3N3. The Balaban J connectivity index is 2.33. The lowest BCUT2D eigenvalue weighted by molar-refractivity contribution is -0.137. The van der Waals surface area contributed by atoms with Crippen LogP contribution in [-0.2, 0) is 6.18 Å². The van der Waals surface area contributed by atoms with E-state index in [2.05, 4.69) is 11.8 Å². The summed E-state index contributed by atoms with van der Waals surface area (Å²) in [6, 6.07) is 4.32. The van der Waals surface area contributed by atoms with Crippen molar-refractivity contribution in [2.24, 2.45) is 0 Å². The molecule has 0 aromatic heterocycles. The van der Waals surface area contributed by atoms with Crippen LogP contribution in [0.1, 0.15) is 18.9 Å². The molecule has 0 radical (unpaired) electrons. The molecule has 6 heteroatoms. The SMILES string of the molecule is CCC1CN(c2ccc(N)cc2C(F)(F)F)CCN1C. The number of likely N-dealkylation sites (N-methyl/N-ethyl adjacent to an activating group) is 1. The van der Waals surface area contributed by atoms with Gasteiger partial charge in [-0.05, 0) is 31.7 Å². The van der Waals surface area contributed by atoms with E-state index in [-0.39, 0.29) is 17.4 Å². The van der Waals surface area contributed by atoms with Gasteiger partial charge in [-0.2, -0.15) is 13.2 Å². The minimum atomic E-state index is -4.38. The van der Waals surface area contributed by atoms with E-state index in [9.17, 15) is 13.2 Å². The third kappa shape index (κ3) is 3.00. The van der Waals surface area contributed by atoms with Crippen molar-refractivity contribution in [1.82, 2.24) is 4.90 Å². The smallest absolute Gasteiger partial charge is 0.399 e. The largest absolute Gasteiger partial charge is 0.418 e. The molecule has 3 nitrogen and oxygen atoms in total. The lowest BCUT2D eigenvalue weighted by Crippen LogP contribution is -2.51. The van der Waals surface area contributed by atoms with Crippen molar-refractivity contribution < 1.29 is 13.2 Å². The normalized spacial score (nSPS) is 21.2. The van der Waals surface area contributed by atoms with Crippen molar-refractivity contribution in [2.75, 3.05) is 37.3 Å². The van der Waals surface area contributed by atoms with E-state index in [0.717, 1.165) is 19.0 Å². The fourth-order valence-electron chi connectivity index (χ4n) is 2.66. The number of rotatable bonds is 2. The molecule has 1 aromatic rings. The summed E-state index contributed by atoms with van der Waals surface area (Å²) in [5, 5.41) is 0. The molecule has 2 N–H and O–H groups in total. The summed E-state index contributed by atoms with van der Waals surface area (Å²) in [6.45, 7) is 4.03. The first-order valence-corrected chi connectivity index (χ1v) is 6.74. The first kappa shape index (κ1) is 15.0. The maximum atomic E-state index is 13.1. The van der Waals surface area contributed by atoms with E-state index in [0.29, 0.717) is 13.1 Å². The van der Waals surface area contributed by atoms with Crippen LogP contribution in [0.15, 0.2) is 18.2 Å². The van der Waals surface area contributed by atoms with Gasteiger partial charge in [-0.1, -0.05) is 6.92 Å². The van der Waals surface area contributed by atoms with Crippen molar-refractivity contribution in [3.63, 3.8) is 0 Å². The highest BCUT2D eigenvalue weighted by molar-refractivity contribution is 5.61. The summed E-state index contributed by atoms with van der Waals surface area (Å²) in [5.74, 6) is 0. The lowest BCUT2D eigenvalue weighted by Gasteiger charge is -2.41. The second kappa shape index (κ2) is 5.52. The zero-order valence-corrected chi connectivity index (χ0v) is 11.7.